The van der Waals surface area contributed by atoms with Gasteiger partial charge in [-0.2, -0.15) is 0 Å². The quantitative estimate of drug-likeness (QED) is 0.493. The van der Waals surface area contributed by atoms with E-state index < -0.39 is 4.92 Å². The van der Waals surface area contributed by atoms with Crippen LogP contribution in [0.2, 0.25) is 0 Å². The van der Waals surface area contributed by atoms with Gasteiger partial charge >= 0.3 is 0 Å². The molecule has 0 spiro atoms. The molecule has 0 aliphatic carbocycles. The van der Waals surface area contributed by atoms with Crippen LogP contribution >= 0.6 is 0 Å². The number of anilines is 1. The zero-order valence-corrected chi connectivity index (χ0v) is 15.8. The number of rotatable bonds is 5. The molecule has 2 aromatic heterocycles. The summed E-state index contributed by atoms with van der Waals surface area (Å²) in [5.74, 6) is 0.804. The van der Waals surface area contributed by atoms with Crippen molar-refractivity contribution in [1.29, 1.82) is 0 Å². The summed E-state index contributed by atoms with van der Waals surface area (Å²) in [5, 5.41) is 10.7. The molecule has 1 aliphatic rings. The fraction of sp³-hybridized carbons (Fsp3) is 0.238. The zero-order chi connectivity index (χ0) is 20.2. The third-order valence-electron chi connectivity index (χ3n) is 5.09. The number of nitrogens with zero attached hydrogens (tertiary/aromatic N) is 5. The molecule has 29 heavy (non-hydrogen) atoms. The van der Waals surface area contributed by atoms with Crippen molar-refractivity contribution in [2.75, 3.05) is 31.1 Å². The van der Waals surface area contributed by atoms with E-state index >= 15 is 0 Å². The Bertz CT molecular complexity index is 976. The van der Waals surface area contributed by atoms with Crippen LogP contribution in [0.5, 0.6) is 0 Å². The van der Waals surface area contributed by atoms with Gasteiger partial charge < -0.3 is 14.4 Å². The summed E-state index contributed by atoms with van der Waals surface area (Å²) in [4.78, 5) is 31.0. The van der Waals surface area contributed by atoms with Crippen LogP contribution < -0.4 is 4.90 Å². The van der Waals surface area contributed by atoms with Crippen LogP contribution in [-0.2, 0) is 11.2 Å². The maximum absolute atomic E-state index is 12.7. The fourth-order valence-corrected chi connectivity index (χ4v) is 3.44. The molecule has 0 saturated carbocycles. The van der Waals surface area contributed by atoms with Crippen LogP contribution in [0.3, 0.4) is 0 Å². The van der Waals surface area contributed by atoms with Crippen molar-refractivity contribution in [1.82, 2.24) is 14.5 Å². The molecule has 1 aromatic carbocycles. The number of benzene rings is 1. The molecule has 1 aliphatic heterocycles. The molecule has 0 atom stereocenters. The SMILES string of the molecule is O=C(Cc1ccc(-n2cccc2)cc1)N1CCN(c2ccc([N+](=O)[O-])cn2)CC1. The van der Waals surface area contributed by atoms with Gasteiger partial charge in [-0.15, -0.1) is 0 Å². The van der Waals surface area contributed by atoms with Crippen LogP contribution in [0.4, 0.5) is 11.5 Å². The number of amides is 1. The summed E-state index contributed by atoms with van der Waals surface area (Å²) in [6, 6.07) is 15.1. The second-order valence-corrected chi connectivity index (χ2v) is 6.93. The molecule has 1 fully saturated rings. The second kappa shape index (κ2) is 8.14. The normalized spacial score (nSPS) is 14.1. The van der Waals surface area contributed by atoms with E-state index in [1.54, 1.807) is 6.07 Å². The van der Waals surface area contributed by atoms with Crippen LogP contribution in [0.1, 0.15) is 5.56 Å². The highest BCUT2D eigenvalue weighted by molar-refractivity contribution is 5.79. The molecule has 8 nitrogen and oxygen atoms in total. The number of carbonyl (C=O) groups excluding carboxylic acids is 1. The molecule has 0 bridgehead atoms. The van der Waals surface area contributed by atoms with Crippen molar-refractivity contribution >= 4 is 17.4 Å². The summed E-state index contributed by atoms with van der Waals surface area (Å²) in [5.41, 5.74) is 2.03. The number of aromatic nitrogens is 2. The van der Waals surface area contributed by atoms with Crippen molar-refractivity contribution < 1.29 is 9.72 Å². The Labute approximate surface area is 168 Å². The van der Waals surface area contributed by atoms with Crippen molar-refractivity contribution in [3.63, 3.8) is 0 Å². The lowest BCUT2D eigenvalue weighted by Gasteiger charge is -2.35. The number of nitro groups is 1. The van der Waals surface area contributed by atoms with Gasteiger partial charge in [-0.1, -0.05) is 12.1 Å². The highest BCUT2D eigenvalue weighted by Crippen LogP contribution is 2.18. The summed E-state index contributed by atoms with van der Waals surface area (Å²) >= 11 is 0. The van der Waals surface area contributed by atoms with E-state index in [0.717, 1.165) is 11.3 Å². The Balaban J connectivity index is 1.31. The Morgan fingerprint density at radius 3 is 2.28 bits per heavy atom. The van der Waals surface area contributed by atoms with Crippen LogP contribution in [0, 0.1) is 10.1 Å². The molecule has 148 valence electrons. The fourth-order valence-electron chi connectivity index (χ4n) is 3.44. The third-order valence-corrected chi connectivity index (χ3v) is 5.09. The maximum Gasteiger partial charge on any atom is 0.287 e. The maximum atomic E-state index is 12.7. The van der Waals surface area contributed by atoms with Crippen molar-refractivity contribution in [2.45, 2.75) is 6.42 Å². The van der Waals surface area contributed by atoms with E-state index in [-0.39, 0.29) is 11.6 Å². The first-order valence-corrected chi connectivity index (χ1v) is 9.45. The first-order valence-electron chi connectivity index (χ1n) is 9.45. The predicted octanol–water partition coefficient (Wildman–Crippen LogP) is 2.67. The summed E-state index contributed by atoms with van der Waals surface area (Å²) in [6.45, 7) is 2.53. The average molecular weight is 391 g/mol. The Morgan fingerprint density at radius 2 is 1.69 bits per heavy atom. The molecule has 0 radical (unpaired) electrons. The number of carbonyl (C=O) groups is 1. The van der Waals surface area contributed by atoms with E-state index in [9.17, 15) is 14.9 Å². The molecule has 0 N–H and O–H groups in total. The molecule has 3 heterocycles. The van der Waals surface area contributed by atoms with Crippen molar-refractivity contribution in [3.8, 4) is 5.69 Å². The zero-order valence-electron chi connectivity index (χ0n) is 15.8. The van der Waals surface area contributed by atoms with E-state index in [1.807, 2.05) is 63.2 Å². The Hall–Kier alpha value is -3.68. The molecule has 1 amide bonds. The van der Waals surface area contributed by atoms with Gasteiger partial charge in [-0.25, -0.2) is 4.98 Å². The molecule has 1 saturated heterocycles. The third kappa shape index (κ3) is 4.26. The highest BCUT2D eigenvalue weighted by atomic mass is 16.6. The van der Waals surface area contributed by atoms with Crippen LogP contribution in [0.25, 0.3) is 5.69 Å². The summed E-state index contributed by atoms with van der Waals surface area (Å²) in [7, 11) is 0. The van der Waals surface area contributed by atoms with Crippen molar-refractivity contribution in [2.24, 2.45) is 0 Å². The number of hydrogen-bond acceptors (Lipinski definition) is 5. The highest BCUT2D eigenvalue weighted by Gasteiger charge is 2.22. The lowest BCUT2D eigenvalue weighted by atomic mass is 10.1. The van der Waals surface area contributed by atoms with Crippen LogP contribution in [0.15, 0.2) is 67.1 Å². The second-order valence-electron chi connectivity index (χ2n) is 6.93. The first kappa shape index (κ1) is 18.7. The summed E-state index contributed by atoms with van der Waals surface area (Å²) in [6.07, 6.45) is 5.62. The van der Waals surface area contributed by atoms with Crippen molar-refractivity contribution in [3.05, 3.63) is 82.8 Å². The average Bonchev–Trinajstić information content (AvgIpc) is 3.29. The van der Waals surface area contributed by atoms with Gasteiger partial charge in [0.2, 0.25) is 5.91 Å². The van der Waals surface area contributed by atoms with Gasteiger partial charge in [0, 0.05) is 50.3 Å². The minimum absolute atomic E-state index is 0.0228. The topological polar surface area (TPSA) is 84.5 Å². The van der Waals surface area contributed by atoms with Gasteiger partial charge in [-0.3, -0.25) is 14.9 Å². The lowest BCUT2D eigenvalue weighted by molar-refractivity contribution is -0.385. The Morgan fingerprint density at radius 1 is 1.00 bits per heavy atom. The minimum atomic E-state index is -0.460. The standard InChI is InChI=1S/C21H21N5O3/c27-21(15-17-3-5-18(6-4-17)23-9-1-2-10-23)25-13-11-24(12-14-25)20-8-7-19(16-22-20)26(28)29/h1-10,16H,11-15H2. The summed E-state index contributed by atoms with van der Waals surface area (Å²) < 4.78 is 2.02. The molecule has 3 aromatic rings. The van der Waals surface area contributed by atoms with Crippen LogP contribution in [-0.4, -0.2) is 51.5 Å². The molecule has 8 heteroatoms. The van der Waals surface area contributed by atoms with E-state index in [2.05, 4.69) is 4.98 Å². The predicted molar refractivity (Wildman–Crippen MR) is 109 cm³/mol. The minimum Gasteiger partial charge on any atom is -0.353 e. The Kier molecular flexibility index (Phi) is 5.24. The molecule has 4 rings (SSSR count). The van der Waals surface area contributed by atoms with Gasteiger partial charge in [0.1, 0.15) is 12.0 Å². The van der Waals surface area contributed by atoms with Gasteiger partial charge in [0.15, 0.2) is 0 Å². The van der Waals surface area contributed by atoms with Gasteiger partial charge in [-0.05, 0) is 35.9 Å². The number of pyridine rings is 1. The lowest BCUT2D eigenvalue weighted by Crippen LogP contribution is -2.49. The van der Waals surface area contributed by atoms with E-state index in [1.165, 1.54) is 12.3 Å². The monoisotopic (exact) mass is 391 g/mol. The smallest absolute Gasteiger partial charge is 0.287 e. The molecular formula is C21H21N5O3. The number of piperazine rings is 1. The van der Waals surface area contributed by atoms with Gasteiger partial charge in [0.25, 0.3) is 5.69 Å². The van der Waals surface area contributed by atoms with Gasteiger partial charge in [0.05, 0.1) is 11.3 Å². The van der Waals surface area contributed by atoms with E-state index in [4.69, 9.17) is 0 Å². The molecular weight excluding hydrogens is 370 g/mol. The largest absolute Gasteiger partial charge is 0.353 e. The first-order chi connectivity index (χ1) is 14.1. The molecule has 0 unspecified atom stereocenters. The number of hydrogen-bond donors (Lipinski definition) is 0. The van der Waals surface area contributed by atoms with E-state index in [0.29, 0.717) is 38.4 Å².